The number of halogens is 4. The number of hydrogen-bond acceptors (Lipinski definition) is 2. The Morgan fingerprint density at radius 1 is 1.03 bits per heavy atom. The van der Waals surface area contributed by atoms with Crippen molar-refractivity contribution in [2.75, 3.05) is 13.1 Å². The summed E-state index contributed by atoms with van der Waals surface area (Å²) in [6.45, 7) is 2.36. The van der Waals surface area contributed by atoms with Crippen LogP contribution in [-0.2, 0) is 22.6 Å². The molecule has 1 aliphatic heterocycles. The molecule has 8 heteroatoms. The number of alkyl halides is 3. The molecule has 29 heavy (non-hydrogen) atoms. The van der Waals surface area contributed by atoms with Gasteiger partial charge >= 0.3 is 6.18 Å². The molecule has 0 aliphatic carbocycles. The standard InChI is InChI=1S/C21H23F4NO2S/c1-15-2-9-19(22)14-20(15)29(27,28)26-12-10-17(11-13-26)4-3-16-5-7-18(8-6-16)21(23,24)25/h2,5-9,14,17H,3-4,10-13H2,1H3. The van der Waals surface area contributed by atoms with Gasteiger partial charge in [0.15, 0.2) is 0 Å². The molecular weight excluding hydrogens is 406 g/mol. The van der Waals surface area contributed by atoms with Crippen LogP contribution in [-0.4, -0.2) is 25.8 Å². The minimum atomic E-state index is -4.34. The van der Waals surface area contributed by atoms with Gasteiger partial charge in [0.25, 0.3) is 0 Å². The molecule has 1 heterocycles. The van der Waals surface area contributed by atoms with Gasteiger partial charge in [0.05, 0.1) is 10.5 Å². The molecule has 0 bridgehead atoms. The number of nitrogens with zero attached hydrogens (tertiary/aromatic N) is 1. The Labute approximate surface area is 168 Å². The first-order chi connectivity index (χ1) is 13.6. The zero-order chi connectivity index (χ0) is 21.2. The van der Waals surface area contributed by atoms with Gasteiger partial charge in [-0.25, -0.2) is 12.8 Å². The quantitative estimate of drug-likeness (QED) is 0.614. The van der Waals surface area contributed by atoms with Crippen LogP contribution in [0.3, 0.4) is 0 Å². The van der Waals surface area contributed by atoms with Gasteiger partial charge in [-0.05, 0) is 73.9 Å². The molecule has 3 nitrogen and oxygen atoms in total. The monoisotopic (exact) mass is 429 g/mol. The van der Waals surface area contributed by atoms with E-state index >= 15 is 0 Å². The molecule has 0 aromatic heterocycles. The van der Waals surface area contributed by atoms with Crippen molar-refractivity contribution in [2.45, 2.75) is 43.7 Å². The molecule has 158 valence electrons. The maximum atomic E-state index is 13.5. The molecule has 2 aromatic carbocycles. The molecule has 1 saturated heterocycles. The number of benzene rings is 2. The third kappa shape index (κ3) is 5.17. The van der Waals surface area contributed by atoms with E-state index in [1.165, 1.54) is 28.6 Å². The van der Waals surface area contributed by atoms with Crippen LogP contribution in [0.15, 0.2) is 47.4 Å². The lowest BCUT2D eigenvalue weighted by Crippen LogP contribution is -2.38. The second kappa shape index (κ2) is 8.44. The van der Waals surface area contributed by atoms with Crippen LogP contribution in [0.5, 0.6) is 0 Å². The highest BCUT2D eigenvalue weighted by molar-refractivity contribution is 7.89. The second-order valence-corrected chi connectivity index (χ2v) is 9.40. The Kier molecular flexibility index (Phi) is 6.33. The van der Waals surface area contributed by atoms with Crippen LogP contribution >= 0.6 is 0 Å². The first-order valence-corrected chi connectivity index (χ1v) is 10.9. The highest BCUT2D eigenvalue weighted by Gasteiger charge is 2.31. The summed E-state index contributed by atoms with van der Waals surface area (Å²) in [4.78, 5) is 0.000652. The number of aryl methyl sites for hydroxylation is 2. The molecular formula is C21H23F4NO2S. The van der Waals surface area contributed by atoms with Gasteiger partial charge in [-0.15, -0.1) is 0 Å². The van der Waals surface area contributed by atoms with Crippen molar-refractivity contribution in [3.05, 3.63) is 65.0 Å². The first kappa shape index (κ1) is 21.8. The van der Waals surface area contributed by atoms with Gasteiger partial charge < -0.3 is 0 Å². The molecule has 0 unspecified atom stereocenters. The molecule has 1 aliphatic rings. The lowest BCUT2D eigenvalue weighted by molar-refractivity contribution is -0.137. The van der Waals surface area contributed by atoms with Crippen LogP contribution in [0.25, 0.3) is 0 Å². The maximum Gasteiger partial charge on any atom is 0.416 e. The van der Waals surface area contributed by atoms with Gasteiger partial charge in [-0.3, -0.25) is 0 Å². The van der Waals surface area contributed by atoms with Crippen molar-refractivity contribution in [3.63, 3.8) is 0 Å². The van der Waals surface area contributed by atoms with E-state index < -0.39 is 27.6 Å². The normalized spacial score (nSPS) is 16.9. The van der Waals surface area contributed by atoms with E-state index in [-0.39, 0.29) is 4.90 Å². The molecule has 2 aromatic rings. The Bertz CT molecular complexity index is 948. The van der Waals surface area contributed by atoms with Crippen molar-refractivity contribution in [3.8, 4) is 0 Å². The second-order valence-electron chi connectivity index (χ2n) is 7.49. The Hall–Kier alpha value is -1.93. The van der Waals surface area contributed by atoms with Crippen LogP contribution in [0.4, 0.5) is 17.6 Å². The van der Waals surface area contributed by atoms with Crippen molar-refractivity contribution in [1.82, 2.24) is 4.31 Å². The minimum Gasteiger partial charge on any atom is -0.207 e. The molecule has 0 radical (unpaired) electrons. The largest absolute Gasteiger partial charge is 0.416 e. The van der Waals surface area contributed by atoms with E-state index in [2.05, 4.69) is 0 Å². The first-order valence-electron chi connectivity index (χ1n) is 9.50. The minimum absolute atomic E-state index is 0.000652. The summed E-state index contributed by atoms with van der Waals surface area (Å²) in [7, 11) is -3.74. The fourth-order valence-electron chi connectivity index (χ4n) is 3.66. The van der Waals surface area contributed by atoms with Crippen molar-refractivity contribution in [2.24, 2.45) is 5.92 Å². The molecule has 1 fully saturated rings. The lowest BCUT2D eigenvalue weighted by Gasteiger charge is -2.31. The molecule has 0 N–H and O–H groups in total. The topological polar surface area (TPSA) is 37.4 Å². The van der Waals surface area contributed by atoms with Crippen molar-refractivity contribution >= 4 is 10.0 Å². The highest BCUT2D eigenvalue weighted by Crippen LogP contribution is 2.31. The summed E-state index contributed by atoms with van der Waals surface area (Å²) in [5.74, 6) is -0.280. The Morgan fingerprint density at radius 2 is 1.66 bits per heavy atom. The number of hydrogen-bond donors (Lipinski definition) is 0. The van der Waals surface area contributed by atoms with E-state index in [9.17, 15) is 26.0 Å². The smallest absolute Gasteiger partial charge is 0.207 e. The molecule has 0 saturated carbocycles. The van der Waals surface area contributed by atoms with Gasteiger partial charge in [0, 0.05) is 13.1 Å². The van der Waals surface area contributed by atoms with Gasteiger partial charge in [0.2, 0.25) is 10.0 Å². The summed E-state index contributed by atoms with van der Waals surface area (Å²) in [5.41, 5.74) is 0.687. The lowest BCUT2D eigenvalue weighted by atomic mass is 9.91. The average Bonchev–Trinajstić information content (AvgIpc) is 2.68. The Balaban J connectivity index is 1.56. The van der Waals surface area contributed by atoms with E-state index in [0.717, 1.165) is 30.2 Å². The fraction of sp³-hybridized carbons (Fsp3) is 0.429. The SMILES string of the molecule is Cc1ccc(F)cc1S(=O)(=O)N1CCC(CCc2ccc(C(F)(F)F)cc2)CC1. The highest BCUT2D eigenvalue weighted by atomic mass is 32.2. The summed E-state index contributed by atoms with van der Waals surface area (Å²) >= 11 is 0. The average molecular weight is 429 g/mol. The Morgan fingerprint density at radius 3 is 2.24 bits per heavy atom. The summed E-state index contributed by atoms with van der Waals surface area (Å²) in [6.07, 6.45) is -1.55. The van der Waals surface area contributed by atoms with Crippen molar-refractivity contribution in [1.29, 1.82) is 0 Å². The third-order valence-corrected chi connectivity index (χ3v) is 7.50. The number of rotatable bonds is 5. The zero-order valence-electron chi connectivity index (χ0n) is 16.0. The van der Waals surface area contributed by atoms with E-state index in [1.54, 1.807) is 6.92 Å². The summed E-state index contributed by atoms with van der Waals surface area (Å²) in [5, 5.41) is 0. The predicted molar refractivity (Wildman–Crippen MR) is 102 cm³/mol. The van der Waals surface area contributed by atoms with Crippen molar-refractivity contribution < 1.29 is 26.0 Å². The van der Waals surface area contributed by atoms with Crippen LogP contribution in [0, 0.1) is 18.7 Å². The van der Waals surface area contributed by atoms with Crippen LogP contribution in [0.2, 0.25) is 0 Å². The molecule has 3 rings (SSSR count). The van der Waals surface area contributed by atoms with E-state index in [1.807, 2.05) is 0 Å². The summed E-state index contributed by atoms with van der Waals surface area (Å²) in [6, 6.07) is 8.92. The van der Waals surface area contributed by atoms with E-state index in [0.29, 0.717) is 43.8 Å². The van der Waals surface area contributed by atoms with Gasteiger partial charge in [0.1, 0.15) is 5.82 Å². The predicted octanol–water partition coefficient (Wildman–Crippen LogP) is 5.19. The van der Waals surface area contributed by atoms with Gasteiger partial charge in [-0.2, -0.15) is 17.5 Å². The molecule has 0 amide bonds. The van der Waals surface area contributed by atoms with E-state index in [4.69, 9.17) is 0 Å². The number of piperidine rings is 1. The molecule has 0 atom stereocenters. The maximum absolute atomic E-state index is 13.5. The van der Waals surface area contributed by atoms with Gasteiger partial charge in [-0.1, -0.05) is 18.2 Å². The van der Waals surface area contributed by atoms with Crippen LogP contribution < -0.4 is 0 Å². The number of sulfonamides is 1. The third-order valence-electron chi connectivity index (χ3n) is 5.46. The molecule has 0 spiro atoms. The van der Waals surface area contributed by atoms with Crippen LogP contribution in [0.1, 0.15) is 36.0 Å². The zero-order valence-corrected chi connectivity index (χ0v) is 16.9. The fourth-order valence-corrected chi connectivity index (χ4v) is 5.37. The summed E-state index contributed by atoms with van der Waals surface area (Å²) < 4.78 is 78.4.